The van der Waals surface area contributed by atoms with Crippen molar-refractivity contribution in [1.82, 2.24) is 0 Å². The molecule has 3 N–H and O–H groups in total. The Hall–Kier alpha value is -1.61. The van der Waals surface area contributed by atoms with E-state index in [0.29, 0.717) is 6.42 Å². The highest BCUT2D eigenvalue weighted by Gasteiger charge is 2.11. The Morgan fingerprint density at radius 1 is 1.40 bits per heavy atom. The van der Waals surface area contributed by atoms with E-state index in [1.54, 1.807) is 0 Å². The van der Waals surface area contributed by atoms with Crippen LogP contribution in [0.1, 0.15) is 11.1 Å². The molecule has 1 aromatic rings. The highest BCUT2D eigenvalue weighted by molar-refractivity contribution is 5.73. The molecular weight excluding hydrogens is 190 g/mol. The van der Waals surface area contributed by atoms with Crippen molar-refractivity contribution in [3.05, 3.63) is 48.0 Å². The zero-order chi connectivity index (χ0) is 11.3. The van der Waals surface area contributed by atoms with Gasteiger partial charge in [-0.2, -0.15) is 0 Å². The van der Waals surface area contributed by atoms with E-state index in [0.717, 1.165) is 17.5 Å². The smallest absolute Gasteiger partial charge is 0.320 e. The molecular formula is C12H15NO2. The molecule has 0 heterocycles. The Labute approximate surface area is 89.2 Å². The molecule has 3 heteroatoms. The maximum atomic E-state index is 10.5. The first-order valence-corrected chi connectivity index (χ1v) is 4.80. The van der Waals surface area contributed by atoms with E-state index in [1.165, 1.54) is 0 Å². The first kappa shape index (κ1) is 11.5. The fraction of sp³-hybridized carbons (Fsp3) is 0.250. The predicted octanol–water partition coefficient (Wildman–Crippen LogP) is 1.37. The molecule has 0 radical (unpaired) electrons. The average molecular weight is 205 g/mol. The fourth-order valence-corrected chi connectivity index (χ4v) is 1.32. The molecule has 15 heavy (non-hydrogen) atoms. The summed E-state index contributed by atoms with van der Waals surface area (Å²) in [6, 6.07) is 6.91. The third kappa shape index (κ3) is 3.56. The van der Waals surface area contributed by atoms with Crippen LogP contribution in [0, 0.1) is 0 Å². The molecule has 1 atom stereocenters. The van der Waals surface area contributed by atoms with E-state index in [9.17, 15) is 4.79 Å². The van der Waals surface area contributed by atoms with Crippen molar-refractivity contribution in [2.24, 2.45) is 5.73 Å². The monoisotopic (exact) mass is 205 g/mol. The molecule has 0 aliphatic carbocycles. The van der Waals surface area contributed by atoms with Crippen molar-refractivity contribution in [3.8, 4) is 0 Å². The fourth-order valence-electron chi connectivity index (χ4n) is 1.32. The summed E-state index contributed by atoms with van der Waals surface area (Å²) in [5.41, 5.74) is 7.54. The first-order valence-electron chi connectivity index (χ1n) is 4.80. The number of carbonyl (C=O) groups is 1. The third-order valence-corrected chi connectivity index (χ3v) is 2.18. The zero-order valence-electron chi connectivity index (χ0n) is 8.52. The van der Waals surface area contributed by atoms with Crippen LogP contribution >= 0.6 is 0 Å². The Balaban J connectivity index is 2.64. The second kappa shape index (κ2) is 5.32. The van der Waals surface area contributed by atoms with Gasteiger partial charge in [0.05, 0.1) is 0 Å². The minimum Gasteiger partial charge on any atom is -0.480 e. The van der Waals surface area contributed by atoms with Gasteiger partial charge in [-0.25, -0.2) is 0 Å². The maximum Gasteiger partial charge on any atom is 0.320 e. The van der Waals surface area contributed by atoms with Crippen molar-refractivity contribution >= 4 is 5.97 Å². The average Bonchev–Trinajstić information content (AvgIpc) is 2.21. The number of hydrogen-bond donors (Lipinski definition) is 2. The zero-order valence-corrected chi connectivity index (χ0v) is 8.52. The maximum absolute atomic E-state index is 10.5. The molecule has 0 aliphatic rings. The minimum atomic E-state index is -0.967. The van der Waals surface area contributed by atoms with Crippen LogP contribution in [0.15, 0.2) is 36.9 Å². The summed E-state index contributed by atoms with van der Waals surface area (Å²) in [7, 11) is 0. The minimum absolute atomic E-state index is 0.365. The van der Waals surface area contributed by atoms with Crippen LogP contribution in [0.2, 0.25) is 0 Å². The molecule has 0 aromatic heterocycles. The van der Waals surface area contributed by atoms with Crippen molar-refractivity contribution in [1.29, 1.82) is 0 Å². The summed E-state index contributed by atoms with van der Waals surface area (Å²) in [4.78, 5) is 10.5. The highest BCUT2D eigenvalue weighted by atomic mass is 16.4. The molecule has 3 nitrogen and oxygen atoms in total. The van der Waals surface area contributed by atoms with Crippen molar-refractivity contribution in [3.63, 3.8) is 0 Å². The van der Waals surface area contributed by atoms with E-state index in [1.807, 2.05) is 30.3 Å². The summed E-state index contributed by atoms with van der Waals surface area (Å²) in [6.45, 7) is 3.65. The van der Waals surface area contributed by atoms with Crippen LogP contribution in [-0.4, -0.2) is 17.1 Å². The molecule has 0 unspecified atom stereocenters. The van der Waals surface area contributed by atoms with Gasteiger partial charge in [-0.15, -0.1) is 6.58 Å². The summed E-state index contributed by atoms with van der Waals surface area (Å²) >= 11 is 0. The van der Waals surface area contributed by atoms with Crippen LogP contribution in [0.4, 0.5) is 0 Å². The Kier molecular flexibility index (Phi) is 4.06. The van der Waals surface area contributed by atoms with E-state index < -0.39 is 12.0 Å². The third-order valence-electron chi connectivity index (χ3n) is 2.18. The van der Waals surface area contributed by atoms with Crippen LogP contribution in [0.3, 0.4) is 0 Å². The second-order valence-electron chi connectivity index (χ2n) is 3.46. The summed E-state index contributed by atoms with van der Waals surface area (Å²) in [5.74, 6) is -0.967. The lowest BCUT2D eigenvalue weighted by Gasteiger charge is -2.06. The summed E-state index contributed by atoms with van der Waals surface area (Å²) in [6.07, 6.45) is 3.02. The van der Waals surface area contributed by atoms with Gasteiger partial charge in [0.2, 0.25) is 0 Å². The number of nitrogens with two attached hydrogens (primary N) is 1. The molecule has 0 aliphatic heterocycles. The molecule has 0 bridgehead atoms. The lowest BCUT2D eigenvalue weighted by atomic mass is 10.0. The number of rotatable bonds is 5. The van der Waals surface area contributed by atoms with E-state index in [2.05, 4.69) is 6.58 Å². The normalized spacial score (nSPS) is 12.1. The van der Waals surface area contributed by atoms with Gasteiger partial charge in [-0.05, 0) is 24.0 Å². The molecule has 0 spiro atoms. The molecule has 1 rings (SSSR count). The second-order valence-corrected chi connectivity index (χ2v) is 3.46. The largest absolute Gasteiger partial charge is 0.480 e. The van der Waals surface area contributed by atoms with Crippen molar-refractivity contribution in [2.75, 3.05) is 0 Å². The molecule has 0 amide bonds. The number of hydrogen-bond acceptors (Lipinski definition) is 2. The van der Waals surface area contributed by atoms with Gasteiger partial charge in [0.1, 0.15) is 6.04 Å². The van der Waals surface area contributed by atoms with E-state index in [-0.39, 0.29) is 0 Å². The Morgan fingerprint density at radius 2 is 1.93 bits per heavy atom. The number of carboxylic acid groups (broad SMARTS) is 1. The molecule has 0 saturated heterocycles. The quantitative estimate of drug-likeness (QED) is 0.713. The Bertz CT molecular complexity index is 343. The number of benzene rings is 1. The topological polar surface area (TPSA) is 63.3 Å². The van der Waals surface area contributed by atoms with Gasteiger partial charge in [0, 0.05) is 0 Å². The SMILES string of the molecule is C=CCc1ccc(C[C@@H](N)C(=O)O)cc1. The van der Waals surface area contributed by atoms with E-state index in [4.69, 9.17) is 10.8 Å². The van der Waals surface area contributed by atoms with Gasteiger partial charge >= 0.3 is 5.97 Å². The molecule has 0 saturated carbocycles. The van der Waals surface area contributed by atoms with Gasteiger partial charge in [0.25, 0.3) is 0 Å². The Morgan fingerprint density at radius 3 is 2.40 bits per heavy atom. The van der Waals surface area contributed by atoms with E-state index >= 15 is 0 Å². The van der Waals surface area contributed by atoms with Crippen molar-refractivity contribution in [2.45, 2.75) is 18.9 Å². The number of aliphatic carboxylic acids is 1. The van der Waals surface area contributed by atoms with Gasteiger partial charge in [-0.1, -0.05) is 30.3 Å². The number of allylic oxidation sites excluding steroid dienone is 1. The summed E-state index contributed by atoms with van der Waals surface area (Å²) in [5, 5.41) is 8.64. The lowest BCUT2D eigenvalue weighted by molar-refractivity contribution is -0.138. The van der Waals surface area contributed by atoms with Crippen molar-refractivity contribution < 1.29 is 9.90 Å². The van der Waals surface area contributed by atoms with Crippen LogP contribution < -0.4 is 5.73 Å². The molecule has 80 valence electrons. The van der Waals surface area contributed by atoms with Gasteiger partial charge in [-0.3, -0.25) is 4.79 Å². The predicted molar refractivity (Wildman–Crippen MR) is 59.7 cm³/mol. The highest BCUT2D eigenvalue weighted by Crippen LogP contribution is 2.07. The summed E-state index contributed by atoms with van der Waals surface area (Å²) < 4.78 is 0. The number of carboxylic acids is 1. The van der Waals surface area contributed by atoms with Crippen LogP contribution in [0.5, 0.6) is 0 Å². The molecule has 0 fully saturated rings. The van der Waals surface area contributed by atoms with Gasteiger partial charge in [0.15, 0.2) is 0 Å². The van der Waals surface area contributed by atoms with Gasteiger partial charge < -0.3 is 10.8 Å². The lowest BCUT2D eigenvalue weighted by Crippen LogP contribution is -2.32. The standard InChI is InChI=1S/C12H15NO2/c1-2-3-9-4-6-10(7-5-9)8-11(13)12(14)15/h2,4-7,11H,1,3,8,13H2,(H,14,15)/t11-/m1/s1. The van der Waals surface area contributed by atoms with Crippen LogP contribution in [0.25, 0.3) is 0 Å². The first-order chi connectivity index (χ1) is 7.13. The van der Waals surface area contributed by atoms with Crippen LogP contribution in [-0.2, 0) is 17.6 Å². The molecule has 1 aromatic carbocycles.